The molecule has 1 aromatic carbocycles. The minimum absolute atomic E-state index is 0.0315. The van der Waals surface area contributed by atoms with E-state index in [1.807, 2.05) is 11.8 Å². The van der Waals surface area contributed by atoms with Crippen molar-refractivity contribution in [1.82, 2.24) is 0 Å². The van der Waals surface area contributed by atoms with Crippen molar-refractivity contribution in [2.45, 2.75) is 32.2 Å². The fourth-order valence-corrected chi connectivity index (χ4v) is 2.11. The van der Waals surface area contributed by atoms with Crippen molar-refractivity contribution >= 4 is 17.3 Å². The lowest BCUT2D eigenvalue weighted by molar-refractivity contribution is 0.0698. The molecule has 1 aliphatic carbocycles. The van der Waals surface area contributed by atoms with Gasteiger partial charge >= 0.3 is 5.97 Å². The van der Waals surface area contributed by atoms with Crippen LogP contribution in [-0.2, 0) is 0 Å². The number of nitrogen functional groups attached to an aromatic ring is 1. The molecule has 2 rings (SSSR count). The van der Waals surface area contributed by atoms with Crippen molar-refractivity contribution in [2.75, 3.05) is 17.2 Å². The maximum Gasteiger partial charge on any atom is 0.337 e. The van der Waals surface area contributed by atoms with Gasteiger partial charge in [-0.15, -0.1) is 0 Å². The molecular weight excluding hydrogens is 235 g/mol. The molecule has 4 nitrogen and oxygen atoms in total. The number of nitrogens with zero attached hydrogens (tertiary/aromatic N) is 1. The number of anilines is 2. The standard InChI is InChI=1S/C13H17FN2O2/c1-2-5-16(8-3-4-8)12-6-9(13(17)18)11(15)7-10(12)14/h6-8H,2-5,15H2,1H3,(H,17,18). The quantitative estimate of drug-likeness (QED) is 0.790. The monoisotopic (exact) mass is 252 g/mol. The van der Waals surface area contributed by atoms with Crippen LogP contribution in [0.15, 0.2) is 12.1 Å². The van der Waals surface area contributed by atoms with Crippen molar-refractivity contribution < 1.29 is 14.3 Å². The Morgan fingerprint density at radius 2 is 2.22 bits per heavy atom. The number of aromatic carboxylic acids is 1. The fraction of sp³-hybridized carbons (Fsp3) is 0.462. The van der Waals surface area contributed by atoms with E-state index in [4.69, 9.17) is 10.8 Å². The van der Waals surface area contributed by atoms with Crippen molar-refractivity contribution in [1.29, 1.82) is 0 Å². The molecule has 0 spiro atoms. The number of halogens is 1. The SMILES string of the molecule is CCCN(c1cc(C(=O)O)c(N)cc1F)C1CC1. The Morgan fingerprint density at radius 1 is 1.56 bits per heavy atom. The molecule has 18 heavy (non-hydrogen) atoms. The van der Waals surface area contributed by atoms with E-state index in [2.05, 4.69) is 0 Å². The van der Waals surface area contributed by atoms with Crippen LogP contribution in [0.4, 0.5) is 15.8 Å². The van der Waals surface area contributed by atoms with Crippen LogP contribution in [0.3, 0.4) is 0 Å². The molecule has 0 atom stereocenters. The molecule has 5 heteroatoms. The maximum absolute atomic E-state index is 13.9. The van der Waals surface area contributed by atoms with Crippen molar-refractivity contribution in [2.24, 2.45) is 0 Å². The lowest BCUT2D eigenvalue weighted by atomic mass is 10.1. The number of carboxylic acid groups (broad SMARTS) is 1. The summed E-state index contributed by atoms with van der Waals surface area (Å²) in [7, 11) is 0. The molecule has 98 valence electrons. The van der Waals surface area contributed by atoms with E-state index >= 15 is 0 Å². The van der Waals surface area contributed by atoms with E-state index in [1.165, 1.54) is 6.07 Å². The van der Waals surface area contributed by atoms with Gasteiger partial charge in [0.1, 0.15) is 5.82 Å². The zero-order valence-electron chi connectivity index (χ0n) is 10.3. The normalized spacial score (nSPS) is 14.6. The first-order chi connectivity index (χ1) is 8.54. The number of rotatable bonds is 5. The van der Waals surface area contributed by atoms with Crippen LogP contribution >= 0.6 is 0 Å². The molecular formula is C13H17FN2O2. The smallest absolute Gasteiger partial charge is 0.337 e. The zero-order valence-corrected chi connectivity index (χ0v) is 10.3. The van der Waals surface area contributed by atoms with E-state index < -0.39 is 11.8 Å². The molecule has 1 fully saturated rings. The first kappa shape index (κ1) is 12.7. The van der Waals surface area contributed by atoms with Gasteiger partial charge in [-0.25, -0.2) is 9.18 Å². The highest BCUT2D eigenvalue weighted by molar-refractivity contribution is 5.95. The summed E-state index contributed by atoms with van der Waals surface area (Å²) in [6.45, 7) is 2.74. The average Bonchev–Trinajstić information content (AvgIpc) is 3.10. The zero-order chi connectivity index (χ0) is 13.3. The van der Waals surface area contributed by atoms with Gasteiger partial charge in [0.05, 0.1) is 11.3 Å². The first-order valence-electron chi connectivity index (χ1n) is 6.13. The molecule has 0 saturated heterocycles. The molecule has 1 aromatic rings. The van der Waals surface area contributed by atoms with Crippen LogP contribution < -0.4 is 10.6 Å². The third-order valence-corrected chi connectivity index (χ3v) is 3.11. The number of carboxylic acids is 1. The van der Waals surface area contributed by atoms with Gasteiger partial charge in [0.25, 0.3) is 0 Å². The highest BCUT2D eigenvalue weighted by atomic mass is 19.1. The summed E-state index contributed by atoms with van der Waals surface area (Å²) in [5.41, 5.74) is 5.80. The molecule has 0 amide bonds. The van der Waals surface area contributed by atoms with E-state index in [-0.39, 0.29) is 11.3 Å². The van der Waals surface area contributed by atoms with Crippen LogP contribution in [0, 0.1) is 5.82 Å². The molecule has 0 aromatic heterocycles. The summed E-state index contributed by atoms with van der Waals surface area (Å²) in [6, 6.07) is 2.79. The Kier molecular flexibility index (Phi) is 3.41. The van der Waals surface area contributed by atoms with Gasteiger partial charge in [-0.05, 0) is 31.4 Å². The highest BCUT2D eigenvalue weighted by Gasteiger charge is 2.31. The third-order valence-electron chi connectivity index (χ3n) is 3.11. The summed E-state index contributed by atoms with van der Waals surface area (Å²) in [4.78, 5) is 13.0. The lowest BCUT2D eigenvalue weighted by Crippen LogP contribution is -2.27. The van der Waals surface area contributed by atoms with Crippen LogP contribution in [0.2, 0.25) is 0 Å². The molecule has 0 heterocycles. The van der Waals surface area contributed by atoms with Gasteiger partial charge in [0.15, 0.2) is 0 Å². The number of carbonyl (C=O) groups is 1. The Hall–Kier alpha value is -1.78. The number of benzene rings is 1. The van der Waals surface area contributed by atoms with Gasteiger partial charge in [0.2, 0.25) is 0 Å². The fourth-order valence-electron chi connectivity index (χ4n) is 2.11. The van der Waals surface area contributed by atoms with Gasteiger partial charge < -0.3 is 15.7 Å². The Bertz CT molecular complexity index is 472. The van der Waals surface area contributed by atoms with E-state index in [9.17, 15) is 9.18 Å². The second kappa shape index (κ2) is 4.84. The lowest BCUT2D eigenvalue weighted by Gasteiger charge is -2.25. The van der Waals surface area contributed by atoms with Crippen LogP contribution in [0.25, 0.3) is 0 Å². The van der Waals surface area contributed by atoms with Gasteiger partial charge in [-0.3, -0.25) is 0 Å². The topological polar surface area (TPSA) is 66.6 Å². The predicted octanol–water partition coefficient (Wildman–Crippen LogP) is 2.48. The Balaban J connectivity index is 2.41. The summed E-state index contributed by atoms with van der Waals surface area (Å²) < 4.78 is 13.9. The minimum atomic E-state index is -1.12. The Labute approximate surface area is 105 Å². The molecule has 0 bridgehead atoms. The molecule has 3 N–H and O–H groups in total. The number of hydrogen-bond acceptors (Lipinski definition) is 3. The molecule has 0 aliphatic heterocycles. The van der Waals surface area contributed by atoms with E-state index in [1.54, 1.807) is 0 Å². The van der Waals surface area contributed by atoms with Crippen molar-refractivity contribution in [3.63, 3.8) is 0 Å². The Morgan fingerprint density at radius 3 is 2.72 bits per heavy atom. The predicted molar refractivity (Wildman–Crippen MR) is 68.4 cm³/mol. The number of nitrogens with two attached hydrogens (primary N) is 1. The van der Waals surface area contributed by atoms with Gasteiger partial charge in [-0.1, -0.05) is 6.92 Å². The van der Waals surface area contributed by atoms with E-state index in [0.29, 0.717) is 11.7 Å². The van der Waals surface area contributed by atoms with Crippen molar-refractivity contribution in [3.05, 3.63) is 23.5 Å². The highest BCUT2D eigenvalue weighted by Crippen LogP contribution is 2.35. The third kappa shape index (κ3) is 2.39. The summed E-state index contributed by atoms with van der Waals surface area (Å²) in [6.07, 6.45) is 2.96. The summed E-state index contributed by atoms with van der Waals surface area (Å²) in [5.74, 6) is -1.57. The number of hydrogen-bond donors (Lipinski definition) is 2. The molecule has 1 aliphatic rings. The largest absolute Gasteiger partial charge is 0.478 e. The second-order valence-electron chi connectivity index (χ2n) is 4.62. The average molecular weight is 252 g/mol. The summed E-state index contributed by atoms with van der Waals surface area (Å²) >= 11 is 0. The van der Waals surface area contributed by atoms with E-state index in [0.717, 1.165) is 31.9 Å². The van der Waals surface area contributed by atoms with Gasteiger partial charge in [-0.2, -0.15) is 0 Å². The van der Waals surface area contributed by atoms with Gasteiger partial charge in [0, 0.05) is 18.3 Å². The maximum atomic E-state index is 13.9. The second-order valence-corrected chi connectivity index (χ2v) is 4.62. The first-order valence-corrected chi connectivity index (χ1v) is 6.13. The minimum Gasteiger partial charge on any atom is -0.478 e. The molecule has 1 saturated carbocycles. The molecule has 0 unspecified atom stereocenters. The van der Waals surface area contributed by atoms with Crippen molar-refractivity contribution in [3.8, 4) is 0 Å². The van der Waals surface area contributed by atoms with Crippen LogP contribution in [0.5, 0.6) is 0 Å². The van der Waals surface area contributed by atoms with Crippen LogP contribution in [-0.4, -0.2) is 23.7 Å². The molecule has 0 radical (unpaired) electrons. The van der Waals surface area contributed by atoms with Crippen LogP contribution in [0.1, 0.15) is 36.5 Å². The summed E-state index contributed by atoms with van der Waals surface area (Å²) in [5, 5.41) is 9.03.